The van der Waals surface area contributed by atoms with Gasteiger partial charge in [0.25, 0.3) is 0 Å². The van der Waals surface area contributed by atoms with E-state index in [4.69, 9.17) is 28.6 Å². The van der Waals surface area contributed by atoms with Crippen LogP contribution in [0.3, 0.4) is 0 Å². The molecule has 0 atom stereocenters. The standard InChI is InChI=1S/C18H18ClNO2S/c1-11(2)22-18(21)15-10-13(8-9-16(15)19)20-17(23)14-7-5-4-6-12(14)3/h4-11H,1-3H3,(H,20,23). The van der Waals surface area contributed by atoms with Gasteiger partial charge in [-0.05, 0) is 44.5 Å². The first-order chi connectivity index (χ1) is 10.9. The normalized spacial score (nSPS) is 10.5. The second-order valence-corrected chi connectivity index (χ2v) is 6.23. The van der Waals surface area contributed by atoms with Crippen LogP contribution in [0.1, 0.15) is 35.3 Å². The third-order valence-electron chi connectivity index (χ3n) is 3.18. The second kappa shape index (κ2) is 7.57. The molecule has 1 N–H and O–H groups in total. The van der Waals surface area contributed by atoms with Crippen LogP contribution >= 0.6 is 23.8 Å². The number of anilines is 1. The summed E-state index contributed by atoms with van der Waals surface area (Å²) in [6.07, 6.45) is -0.205. The predicted molar refractivity (Wildman–Crippen MR) is 98.5 cm³/mol. The van der Waals surface area contributed by atoms with Crippen LogP contribution < -0.4 is 5.32 Å². The molecule has 0 spiro atoms. The van der Waals surface area contributed by atoms with Gasteiger partial charge in [-0.2, -0.15) is 0 Å². The van der Waals surface area contributed by atoms with Gasteiger partial charge in [0.15, 0.2) is 0 Å². The van der Waals surface area contributed by atoms with E-state index in [1.165, 1.54) is 0 Å². The van der Waals surface area contributed by atoms with Crippen molar-refractivity contribution in [2.24, 2.45) is 0 Å². The van der Waals surface area contributed by atoms with Gasteiger partial charge in [0.1, 0.15) is 4.99 Å². The summed E-state index contributed by atoms with van der Waals surface area (Å²) in [5.74, 6) is -0.449. The highest BCUT2D eigenvalue weighted by Crippen LogP contribution is 2.23. The lowest BCUT2D eigenvalue weighted by atomic mass is 10.1. The number of hydrogen-bond acceptors (Lipinski definition) is 3. The molecule has 2 aromatic carbocycles. The van der Waals surface area contributed by atoms with Crippen LogP contribution in [0.4, 0.5) is 5.69 Å². The minimum Gasteiger partial charge on any atom is -0.459 e. The van der Waals surface area contributed by atoms with Crippen molar-refractivity contribution in [1.82, 2.24) is 0 Å². The molecule has 120 valence electrons. The maximum Gasteiger partial charge on any atom is 0.339 e. The molecule has 5 heteroatoms. The first-order valence-electron chi connectivity index (χ1n) is 7.26. The smallest absolute Gasteiger partial charge is 0.339 e. The van der Waals surface area contributed by atoms with Gasteiger partial charge in [0, 0.05) is 11.3 Å². The summed E-state index contributed by atoms with van der Waals surface area (Å²) in [4.78, 5) is 12.7. The molecule has 0 aliphatic carbocycles. The molecule has 3 nitrogen and oxygen atoms in total. The Morgan fingerprint density at radius 2 is 1.87 bits per heavy atom. The van der Waals surface area contributed by atoms with Gasteiger partial charge >= 0.3 is 5.97 Å². The molecule has 0 aliphatic heterocycles. The number of carbonyl (C=O) groups excluding carboxylic acids is 1. The van der Waals surface area contributed by atoms with Crippen molar-refractivity contribution in [2.75, 3.05) is 5.32 Å². The van der Waals surface area contributed by atoms with Crippen LogP contribution in [0, 0.1) is 6.92 Å². The fourth-order valence-electron chi connectivity index (χ4n) is 2.06. The molecule has 0 amide bonds. The zero-order chi connectivity index (χ0) is 17.0. The maximum absolute atomic E-state index is 12.1. The molecule has 0 saturated heterocycles. The quantitative estimate of drug-likeness (QED) is 0.623. The van der Waals surface area contributed by atoms with Crippen molar-refractivity contribution in [2.45, 2.75) is 26.9 Å². The summed E-state index contributed by atoms with van der Waals surface area (Å²) >= 11 is 11.5. The van der Waals surface area contributed by atoms with E-state index in [1.807, 2.05) is 31.2 Å². The molecule has 2 aromatic rings. The number of rotatable bonds is 4. The number of ether oxygens (including phenoxy) is 1. The lowest BCUT2D eigenvalue weighted by molar-refractivity contribution is 0.0378. The van der Waals surface area contributed by atoms with Crippen LogP contribution in [-0.2, 0) is 4.74 Å². The summed E-state index contributed by atoms with van der Waals surface area (Å²) in [5, 5.41) is 3.49. The maximum atomic E-state index is 12.1. The highest BCUT2D eigenvalue weighted by Gasteiger charge is 2.15. The van der Waals surface area contributed by atoms with Crippen molar-refractivity contribution in [3.05, 3.63) is 64.2 Å². The average molecular weight is 348 g/mol. The first-order valence-corrected chi connectivity index (χ1v) is 8.04. The average Bonchev–Trinajstić information content (AvgIpc) is 2.48. The molecular formula is C18H18ClNO2S. The van der Waals surface area contributed by atoms with Crippen molar-refractivity contribution in [3.8, 4) is 0 Å². The fourth-order valence-corrected chi connectivity index (χ4v) is 2.60. The molecule has 0 saturated carbocycles. The molecule has 0 fully saturated rings. The summed E-state index contributed by atoms with van der Waals surface area (Å²) in [6, 6.07) is 12.9. The topological polar surface area (TPSA) is 38.3 Å². The number of thiocarbonyl (C=S) groups is 1. The van der Waals surface area contributed by atoms with E-state index in [2.05, 4.69) is 5.32 Å². The zero-order valence-electron chi connectivity index (χ0n) is 13.2. The molecule has 2 rings (SSSR count). The molecule has 0 unspecified atom stereocenters. The molecule has 0 aliphatic rings. The van der Waals surface area contributed by atoms with Gasteiger partial charge in [-0.1, -0.05) is 48.1 Å². The SMILES string of the molecule is Cc1ccccc1C(=S)Nc1ccc(Cl)c(C(=O)OC(C)C)c1. The molecule has 0 heterocycles. The Morgan fingerprint density at radius 1 is 1.17 bits per heavy atom. The predicted octanol–water partition coefficient (Wildman–Crippen LogP) is 5.00. The number of halogens is 1. The van der Waals surface area contributed by atoms with Gasteiger partial charge in [0.05, 0.1) is 16.7 Å². The van der Waals surface area contributed by atoms with Crippen LogP contribution in [0.2, 0.25) is 5.02 Å². The number of nitrogens with one attached hydrogen (secondary N) is 1. The second-order valence-electron chi connectivity index (χ2n) is 5.42. The molecule has 0 aromatic heterocycles. The Hall–Kier alpha value is -1.91. The van der Waals surface area contributed by atoms with Crippen molar-refractivity contribution in [3.63, 3.8) is 0 Å². The fraction of sp³-hybridized carbons (Fsp3) is 0.222. The molecule has 0 bridgehead atoms. The minimum absolute atomic E-state index is 0.205. The van der Waals surface area contributed by atoms with Crippen molar-refractivity contribution < 1.29 is 9.53 Å². The number of esters is 1. The van der Waals surface area contributed by atoms with E-state index in [0.29, 0.717) is 21.3 Å². The van der Waals surface area contributed by atoms with Gasteiger partial charge in [-0.15, -0.1) is 0 Å². The minimum atomic E-state index is -0.449. The summed E-state index contributed by atoms with van der Waals surface area (Å²) in [7, 11) is 0. The van der Waals surface area contributed by atoms with Crippen LogP contribution in [0.5, 0.6) is 0 Å². The Kier molecular flexibility index (Phi) is 5.74. The Labute approximate surface area is 146 Å². The highest BCUT2D eigenvalue weighted by molar-refractivity contribution is 7.81. The monoisotopic (exact) mass is 347 g/mol. The number of aryl methyl sites for hydroxylation is 1. The third-order valence-corrected chi connectivity index (χ3v) is 3.83. The largest absolute Gasteiger partial charge is 0.459 e. The molecule has 0 radical (unpaired) electrons. The van der Waals surface area contributed by atoms with Gasteiger partial charge < -0.3 is 10.1 Å². The van der Waals surface area contributed by atoms with Crippen LogP contribution in [-0.4, -0.2) is 17.1 Å². The summed E-state index contributed by atoms with van der Waals surface area (Å²) < 4.78 is 5.20. The highest BCUT2D eigenvalue weighted by atomic mass is 35.5. The van der Waals surface area contributed by atoms with E-state index in [9.17, 15) is 4.79 Å². The molecule has 23 heavy (non-hydrogen) atoms. The third kappa shape index (κ3) is 4.53. The number of benzene rings is 2. The summed E-state index contributed by atoms with van der Waals surface area (Å²) in [6.45, 7) is 5.58. The lowest BCUT2D eigenvalue weighted by Gasteiger charge is -2.13. The first kappa shape index (κ1) is 17.4. The Bertz CT molecular complexity index is 744. The van der Waals surface area contributed by atoms with E-state index < -0.39 is 5.97 Å². The van der Waals surface area contributed by atoms with Gasteiger partial charge in [-0.3, -0.25) is 0 Å². The zero-order valence-corrected chi connectivity index (χ0v) is 14.8. The number of carbonyl (C=O) groups is 1. The van der Waals surface area contributed by atoms with E-state index in [-0.39, 0.29) is 6.10 Å². The van der Waals surface area contributed by atoms with Crippen molar-refractivity contribution in [1.29, 1.82) is 0 Å². The Morgan fingerprint density at radius 3 is 2.52 bits per heavy atom. The van der Waals surface area contributed by atoms with Crippen LogP contribution in [0.25, 0.3) is 0 Å². The van der Waals surface area contributed by atoms with E-state index in [0.717, 1.165) is 11.1 Å². The number of hydrogen-bond donors (Lipinski definition) is 1. The molecular weight excluding hydrogens is 330 g/mol. The van der Waals surface area contributed by atoms with Gasteiger partial charge in [-0.25, -0.2) is 4.79 Å². The van der Waals surface area contributed by atoms with Crippen LogP contribution in [0.15, 0.2) is 42.5 Å². The van der Waals surface area contributed by atoms with Gasteiger partial charge in [0.2, 0.25) is 0 Å². The Balaban J connectivity index is 2.23. The van der Waals surface area contributed by atoms with E-state index >= 15 is 0 Å². The lowest BCUT2D eigenvalue weighted by Crippen LogP contribution is -2.14. The summed E-state index contributed by atoms with van der Waals surface area (Å²) in [5.41, 5.74) is 3.04. The van der Waals surface area contributed by atoms with Crippen molar-refractivity contribution >= 4 is 40.5 Å². The van der Waals surface area contributed by atoms with E-state index in [1.54, 1.807) is 32.0 Å².